The first-order valence-corrected chi connectivity index (χ1v) is 6.76. The highest BCUT2D eigenvalue weighted by Gasteiger charge is 2.32. The normalized spacial score (nSPS) is 23.1. The van der Waals surface area contributed by atoms with Crippen LogP contribution in [0.1, 0.15) is 55.3 Å². The summed E-state index contributed by atoms with van der Waals surface area (Å²) in [6, 6.07) is 3.82. The van der Waals surface area contributed by atoms with Crippen molar-refractivity contribution in [2.24, 2.45) is 5.73 Å². The van der Waals surface area contributed by atoms with Crippen LogP contribution in [-0.4, -0.2) is 17.1 Å². The second-order valence-corrected chi connectivity index (χ2v) is 5.66. The Morgan fingerprint density at radius 3 is 2.84 bits per heavy atom. The molecule has 3 unspecified atom stereocenters. The summed E-state index contributed by atoms with van der Waals surface area (Å²) in [6.07, 6.45) is 1.25. The molecule has 0 aromatic heterocycles. The average Bonchev–Trinajstić information content (AvgIpc) is 2.61. The van der Waals surface area contributed by atoms with Gasteiger partial charge in [0.05, 0.1) is 0 Å². The van der Waals surface area contributed by atoms with Crippen LogP contribution >= 0.6 is 0 Å². The molecule has 0 heterocycles. The lowest BCUT2D eigenvalue weighted by Crippen LogP contribution is -2.33. The molecule has 1 aromatic carbocycles. The fourth-order valence-corrected chi connectivity index (χ4v) is 3.20. The number of aromatic hydroxyl groups is 1. The molecule has 0 saturated carbocycles. The summed E-state index contributed by atoms with van der Waals surface area (Å²) in [5.74, 6) is 0.453. The van der Waals surface area contributed by atoms with Crippen LogP contribution in [0.25, 0.3) is 0 Å². The third-order valence-corrected chi connectivity index (χ3v) is 3.91. The second-order valence-electron chi connectivity index (χ2n) is 5.66. The molecule has 0 fully saturated rings. The number of carbonyl (C=O) groups excluding carboxylic acids is 1. The van der Waals surface area contributed by atoms with Crippen molar-refractivity contribution in [3.63, 3.8) is 0 Å². The van der Waals surface area contributed by atoms with Crippen LogP contribution in [-0.2, 0) is 4.79 Å². The average molecular weight is 262 g/mol. The van der Waals surface area contributed by atoms with Crippen molar-refractivity contribution in [1.82, 2.24) is 5.32 Å². The van der Waals surface area contributed by atoms with E-state index in [0.29, 0.717) is 18.1 Å². The quantitative estimate of drug-likeness (QED) is 0.778. The highest BCUT2D eigenvalue weighted by molar-refractivity contribution is 5.74. The van der Waals surface area contributed by atoms with Crippen LogP contribution in [0.5, 0.6) is 5.75 Å². The van der Waals surface area contributed by atoms with Gasteiger partial charge < -0.3 is 16.2 Å². The number of nitrogens with two attached hydrogens (primary N) is 1. The van der Waals surface area contributed by atoms with E-state index in [2.05, 4.69) is 19.2 Å². The minimum Gasteiger partial charge on any atom is -0.508 e. The molecule has 3 atom stereocenters. The maximum Gasteiger partial charge on any atom is 0.218 e. The summed E-state index contributed by atoms with van der Waals surface area (Å²) < 4.78 is 0. The molecule has 4 N–H and O–H groups in total. The van der Waals surface area contributed by atoms with Gasteiger partial charge in [0.25, 0.3) is 0 Å². The number of primary amides is 1. The van der Waals surface area contributed by atoms with E-state index in [1.54, 1.807) is 6.07 Å². The van der Waals surface area contributed by atoms with Crippen molar-refractivity contribution >= 4 is 5.91 Å². The number of carbonyl (C=O) groups is 1. The first kappa shape index (κ1) is 13.9. The third kappa shape index (κ3) is 2.73. The van der Waals surface area contributed by atoms with Crippen LogP contribution in [0.2, 0.25) is 0 Å². The third-order valence-electron chi connectivity index (χ3n) is 3.91. The molecule has 1 aliphatic rings. The van der Waals surface area contributed by atoms with E-state index in [1.165, 1.54) is 11.1 Å². The lowest BCUT2D eigenvalue weighted by atomic mass is 9.97. The molecular weight excluding hydrogens is 240 g/mol. The molecule has 1 aromatic rings. The SMILES string of the molecule is Cc1ccc(O)c2c1C(C)CC2NC(C)CC(N)=O. The number of benzene rings is 1. The molecule has 0 aliphatic heterocycles. The van der Waals surface area contributed by atoms with Gasteiger partial charge in [-0.15, -0.1) is 0 Å². The monoisotopic (exact) mass is 262 g/mol. The van der Waals surface area contributed by atoms with Gasteiger partial charge in [-0.1, -0.05) is 13.0 Å². The topological polar surface area (TPSA) is 75.3 Å². The maximum atomic E-state index is 10.9. The van der Waals surface area contributed by atoms with Gasteiger partial charge in [0.1, 0.15) is 5.75 Å². The lowest BCUT2D eigenvalue weighted by molar-refractivity contribution is -0.118. The van der Waals surface area contributed by atoms with Crippen molar-refractivity contribution in [2.45, 2.75) is 51.6 Å². The predicted octanol–water partition coefficient (Wildman–Crippen LogP) is 2.10. The Hall–Kier alpha value is -1.55. The molecule has 1 aliphatic carbocycles. The smallest absolute Gasteiger partial charge is 0.218 e. The van der Waals surface area contributed by atoms with Gasteiger partial charge in [-0.3, -0.25) is 4.79 Å². The first-order chi connectivity index (χ1) is 8.90. The van der Waals surface area contributed by atoms with Gasteiger partial charge in [-0.2, -0.15) is 0 Å². The Balaban J connectivity index is 2.24. The Labute approximate surface area is 114 Å². The standard InChI is InChI=1S/C15H22N2O2/c1-8-4-5-12(18)15-11(6-9(2)14(8)15)17-10(3)7-13(16)19/h4-5,9-11,17-18H,6-7H2,1-3H3,(H2,16,19). The highest BCUT2D eigenvalue weighted by Crippen LogP contribution is 2.46. The van der Waals surface area contributed by atoms with Crippen LogP contribution < -0.4 is 11.1 Å². The number of hydrogen-bond acceptors (Lipinski definition) is 3. The van der Waals surface area contributed by atoms with Crippen LogP contribution in [0, 0.1) is 6.92 Å². The van der Waals surface area contributed by atoms with Crippen LogP contribution in [0.4, 0.5) is 0 Å². The van der Waals surface area contributed by atoms with Gasteiger partial charge in [-0.25, -0.2) is 0 Å². The van der Waals surface area contributed by atoms with E-state index in [4.69, 9.17) is 5.73 Å². The molecule has 0 radical (unpaired) electrons. The molecule has 0 saturated heterocycles. The van der Waals surface area contributed by atoms with Crippen molar-refractivity contribution in [2.75, 3.05) is 0 Å². The summed E-state index contributed by atoms with van der Waals surface area (Å²) in [7, 11) is 0. The van der Waals surface area contributed by atoms with E-state index in [9.17, 15) is 9.90 Å². The zero-order chi connectivity index (χ0) is 14.2. The fourth-order valence-electron chi connectivity index (χ4n) is 3.20. The minimum atomic E-state index is -0.306. The molecule has 4 heteroatoms. The molecule has 2 rings (SSSR count). The van der Waals surface area contributed by atoms with E-state index in [-0.39, 0.29) is 18.0 Å². The van der Waals surface area contributed by atoms with Gasteiger partial charge in [0, 0.05) is 24.1 Å². The summed E-state index contributed by atoms with van der Waals surface area (Å²) in [6.45, 7) is 6.19. The molecule has 19 heavy (non-hydrogen) atoms. The van der Waals surface area contributed by atoms with Crippen LogP contribution in [0.15, 0.2) is 12.1 Å². The fraction of sp³-hybridized carbons (Fsp3) is 0.533. The van der Waals surface area contributed by atoms with Crippen molar-refractivity contribution < 1.29 is 9.90 Å². The zero-order valence-corrected chi connectivity index (χ0v) is 11.7. The Kier molecular flexibility index (Phi) is 3.80. The minimum absolute atomic E-state index is 0.0144. The van der Waals surface area contributed by atoms with Gasteiger partial charge in [0.15, 0.2) is 0 Å². The van der Waals surface area contributed by atoms with Crippen molar-refractivity contribution in [1.29, 1.82) is 0 Å². The highest BCUT2D eigenvalue weighted by atomic mass is 16.3. The summed E-state index contributed by atoms with van der Waals surface area (Å²) >= 11 is 0. The number of phenols is 1. The molecule has 4 nitrogen and oxygen atoms in total. The summed E-state index contributed by atoms with van der Waals surface area (Å²) in [5, 5.41) is 13.5. The van der Waals surface area contributed by atoms with E-state index < -0.39 is 0 Å². The number of nitrogens with one attached hydrogen (secondary N) is 1. The number of amides is 1. The summed E-state index contributed by atoms with van der Waals surface area (Å²) in [5.41, 5.74) is 8.66. The number of aryl methyl sites for hydroxylation is 1. The molecule has 0 spiro atoms. The molecular formula is C15H22N2O2. The Bertz CT molecular complexity index is 499. The Morgan fingerprint density at radius 1 is 1.53 bits per heavy atom. The van der Waals surface area contributed by atoms with Crippen LogP contribution in [0.3, 0.4) is 0 Å². The molecule has 104 valence electrons. The predicted molar refractivity (Wildman–Crippen MR) is 75.0 cm³/mol. The van der Waals surface area contributed by atoms with Crippen molar-refractivity contribution in [3.8, 4) is 5.75 Å². The first-order valence-electron chi connectivity index (χ1n) is 6.76. The summed E-state index contributed by atoms with van der Waals surface area (Å²) in [4.78, 5) is 10.9. The maximum absolute atomic E-state index is 10.9. The van der Waals surface area contributed by atoms with Gasteiger partial charge >= 0.3 is 0 Å². The second kappa shape index (κ2) is 5.21. The number of rotatable bonds is 4. The van der Waals surface area contributed by atoms with Crippen molar-refractivity contribution in [3.05, 3.63) is 28.8 Å². The number of phenolic OH excluding ortho intramolecular Hbond substituents is 1. The van der Waals surface area contributed by atoms with E-state index >= 15 is 0 Å². The van der Waals surface area contributed by atoms with E-state index in [1.807, 2.05) is 13.0 Å². The molecule has 1 amide bonds. The Morgan fingerprint density at radius 2 is 2.21 bits per heavy atom. The van der Waals surface area contributed by atoms with Gasteiger partial charge in [-0.05, 0) is 43.4 Å². The zero-order valence-electron chi connectivity index (χ0n) is 11.7. The number of fused-ring (bicyclic) bond motifs is 1. The number of hydrogen-bond donors (Lipinski definition) is 3. The lowest BCUT2D eigenvalue weighted by Gasteiger charge is -2.20. The van der Waals surface area contributed by atoms with E-state index in [0.717, 1.165) is 12.0 Å². The van der Waals surface area contributed by atoms with Gasteiger partial charge in [0.2, 0.25) is 5.91 Å². The molecule has 0 bridgehead atoms. The largest absolute Gasteiger partial charge is 0.508 e.